The zero-order chi connectivity index (χ0) is 13.1. The summed E-state index contributed by atoms with van der Waals surface area (Å²) in [5.74, 6) is 1.33. The highest BCUT2D eigenvalue weighted by molar-refractivity contribution is 9.10. The summed E-state index contributed by atoms with van der Waals surface area (Å²) in [6.07, 6.45) is 1.70. The largest absolute Gasteiger partial charge is 0.488 e. The Bertz CT molecular complexity index is 577. The van der Waals surface area contributed by atoms with Crippen LogP contribution in [0.3, 0.4) is 0 Å². The summed E-state index contributed by atoms with van der Waals surface area (Å²) in [7, 11) is 0. The molecule has 0 fully saturated rings. The number of benzene rings is 1. The fourth-order valence-electron chi connectivity index (χ4n) is 1.51. The number of anilines is 1. The second kappa shape index (κ2) is 5.27. The van der Waals surface area contributed by atoms with Crippen LogP contribution in [0.25, 0.3) is 11.1 Å². The fourth-order valence-corrected chi connectivity index (χ4v) is 2.01. The van der Waals surface area contributed by atoms with Gasteiger partial charge in [-0.15, -0.1) is 0 Å². The van der Waals surface area contributed by atoms with Crippen molar-refractivity contribution in [2.75, 3.05) is 12.3 Å². The number of ether oxygens (including phenoxy) is 1. The minimum absolute atomic E-state index is 0.506. The monoisotopic (exact) mass is 307 g/mol. The molecule has 0 atom stereocenters. The Kier molecular flexibility index (Phi) is 3.72. The maximum absolute atomic E-state index is 5.78. The predicted octanol–water partition coefficient (Wildman–Crippen LogP) is 3.38. The molecule has 18 heavy (non-hydrogen) atoms. The first-order valence-corrected chi connectivity index (χ1v) is 6.23. The highest BCUT2D eigenvalue weighted by Gasteiger charge is 2.08. The summed E-state index contributed by atoms with van der Waals surface area (Å²) < 4.78 is 6.48. The molecule has 94 valence electrons. The van der Waals surface area contributed by atoms with Crippen LogP contribution in [-0.4, -0.2) is 16.8 Å². The van der Waals surface area contributed by atoms with Crippen LogP contribution in [0.1, 0.15) is 6.92 Å². The van der Waals surface area contributed by atoms with Gasteiger partial charge < -0.3 is 10.5 Å². The van der Waals surface area contributed by atoms with Gasteiger partial charge in [-0.3, -0.25) is 5.10 Å². The second-order valence-electron chi connectivity index (χ2n) is 4.09. The van der Waals surface area contributed by atoms with E-state index in [1.807, 2.05) is 25.1 Å². The molecule has 0 aliphatic carbocycles. The molecule has 2 rings (SSSR count). The van der Waals surface area contributed by atoms with Gasteiger partial charge in [0.05, 0.1) is 10.7 Å². The van der Waals surface area contributed by atoms with E-state index < -0.39 is 0 Å². The first-order chi connectivity index (χ1) is 8.58. The minimum atomic E-state index is 0.506. The fraction of sp³-hybridized carbons (Fsp3) is 0.154. The molecule has 1 aromatic carbocycles. The van der Waals surface area contributed by atoms with Crippen LogP contribution >= 0.6 is 15.9 Å². The van der Waals surface area contributed by atoms with E-state index in [-0.39, 0.29) is 0 Å². The maximum Gasteiger partial charge on any atom is 0.134 e. The highest BCUT2D eigenvalue weighted by Crippen LogP contribution is 2.32. The van der Waals surface area contributed by atoms with E-state index in [0.717, 1.165) is 26.9 Å². The molecule has 4 nitrogen and oxygen atoms in total. The Hall–Kier alpha value is -1.75. The summed E-state index contributed by atoms with van der Waals surface area (Å²) in [5.41, 5.74) is 8.62. The molecule has 0 saturated carbocycles. The van der Waals surface area contributed by atoms with Crippen LogP contribution in [0.2, 0.25) is 0 Å². The summed E-state index contributed by atoms with van der Waals surface area (Å²) in [6.45, 7) is 6.23. The van der Waals surface area contributed by atoms with Crippen molar-refractivity contribution >= 4 is 21.7 Å². The van der Waals surface area contributed by atoms with Crippen LogP contribution in [0.15, 0.2) is 41.0 Å². The average molecular weight is 308 g/mol. The quantitative estimate of drug-likeness (QED) is 0.851. The van der Waals surface area contributed by atoms with Crippen molar-refractivity contribution in [3.63, 3.8) is 0 Å². The molecule has 0 aliphatic heterocycles. The molecular weight excluding hydrogens is 294 g/mol. The van der Waals surface area contributed by atoms with Gasteiger partial charge in [0.1, 0.15) is 18.2 Å². The summed E-state index contributed by atoms with van der Waals surface area (Å²) in [4.78, 5) is 0. The molecule has 3 N–H and O–H groups in total. The van der Waals surface area contributed by atoms with Crippen molar-refractivity contribution < 1.29 is 4.74 Å². The van der Waals surface area contributed by atoms with E-state index in [4.69, 9.17) is 10.5 Å². The van der Waals surface area contributed by atoms with E-state index in [2.05, 4.69) is 32.7 Å². The van der Waals surface area contributed by atoms with E-state index in [1.165, 1.54) is 0 Å². The molecule has 0 bridgehead atoms. The summed E-state index contributed by atoms with van der Waals surface area (Å²) in [6, 6.07) is 5.80. The Balaban J connectivity index is 2.25. The highest BCUT2D eigenvalue weighted by atomic mass is 79.9. The second-order valence-corrected chi connectivity index (χ2v) is 4.94. The lowest BCUT2D eigenvalue weighted by atomic mass is 10.1. The maximum atomic E-state index is 5.78. The van der Waals surface area contributed by atoms with E-state index in [0.29, 0.717) is 12.4 Å². The number of hydrogen-bond acceptors (Lipinski definition) is 3. The lowest BCUT2D eigenvalue weighted by molar-refractivity contribution is 0.350. The van der Waals surface area contributed by atoms with Crippen LogP contribution < -0.4 is 10.5 Å². The van der Waals surface area contributed by atoms with Crippen LogP contribution in [0, 0.1) is 0 Å². The summed E-state index contributed by atoms with van der Waals surface area (Å²) in [5, 5.41) is 6.61. The average Bonchev–Trinajstić information content (AvgIpc) is 2.73. The van der Waals surface area contributed by atoms with Crippen molar-refractivity contribution in [2.45, 2.75) is 6.92 Å². The number of rotatable bonds is 4. The number of H-pyrrole nitrogens is 1. The van der Waals surface area contributed by atoms with Crippen molar-refractivity contribution in [2.24, 2.45) is 0 Å². The third kappa shape index (κ3) is 2.73. The summed E-state index contributed by atoms with van der Waals surface area (Å²) >= 11 is 3.48. The standard InChI is InChI=1S/C13H14BrN3O/c1-8(2)7-18-12-4-3-9(5-11(12)14)10-6-16-17-13(10)15/h3-6H,1,7H2,2H3,(H3,15,16,17). The van der Waals surface area contributed by atoms with Crippen LogP contribution in [-0.2, 0) is 0 Å². The van der Waals surface area contributed by atoms with Gasteiger partial charge in [-0.2, -0.15) is 5.10 Å². The zero-order valence-corrected chi connectivity index (χ0v) is 11.6. The predicted molar refractivity (Wildman–Crippen MR) is 76.4 cm³/mol. The van der Waals surface area contributed by atoms with Gasteiger partial charge in [0.15, 0.2) is 0 Å². The molecule has 2 aromatic rings. The molecule has 1 aromatic heterocycles. The molecule has 5 heteroatoms. The number of nitrogen functional groups attached to an aromatic ring is 1. The van der Waals surface area contributed by atoms with Gasteiger partial charge in [-0.05, 0) is 46.1 Å². The zero-order valence-electron chi connectivity index (χ0n) is 10.0. The van der Waals surface area contributed by atoms with E-state index in [9.17, 15) is 0 Å². The number of nitrogens with zero attached hydrogens (tertiary/aromatic N) is 1. The van der Waals surface area contributed by atoms with Crippen molar-refractivity contribution in [1.29, 1.82) is 0 Å². The van der Waals surface area contributed by atoms with Crippen molar-refractivity contribution in [3.8, 4) is 16.9 Å². The number of nitrogens with two attached hydrogens (primary N) is 1. The van der Waals surface area contributed by atoms with Gasteiger partial charge in [0.2, 0.25) is 0 Å². The lowest BCUT2D eigenvalue weighted by Crippen LogP contribution is -1.98. The number of aromatic nitrogens is 2. The Morgan fingerprint density at radius 1 is 1.56 bits per heavy atom. The van der Waals surface area contributed by atoms with E-state index >= 15 is 0 Å². The normalized spacial score (nSPS) is 10.3. The van der Waals surface area contributed by atoms with Gasteiger partial charge in [-0.1, -0.05) is 12.6 Å². The third-order valence-corrected chi connectivity index (χ3v) is 3.01. The minimum Gasteiger partial charge on any atom is -0.488 e. The Morgan fingerprint density at radius 2 is 2.33 bits per heavy atom. The number of nitrogens with one attached hydrogen (secondary N) is 1. The number of hydrogen-bond donors (Lipinski definition) is 2. The molecule has 0 aliphatic rings. The molecule has 0 saturated heterocycles. The van der Waals surface area contributed by atoms with Crippen molar-refractivity contribution in [1.82, 2.24) is 10.2 Å². The first-order valence-electron chi connectivity index (χ1n) is 5.44. The van der Waals surface area contributed by atoms with Crippen LogP contribution in [0.4, 0.5) is 5.82 Å². The lowest BCUT2D eigenvalue weighted by Gasteiger charge is -2.09. The smallest absolute Gasteiger partial charge is 0.134 e. The topological polar surface area (TPSA) is 63.9 Å². The molecular formula is C13H14BrN3O. The molecule has 1 heterocycles. The van der Waals surface area contributed by atoms with Crippen LogP contribution in [0.5, 0.6) is 5.75 Å². The molecule has 0 amide bonds. The molecule has 0 radical (unpaired) electrons. The Labute approximate surface area is 114 Å². The third-order valence-electron chi connectivity index (χ3n) is 2.39. The van der Waals surface area contributed by atoms with Gasteiger partial charge in [-0.25, -0.2) is 0 Å². The van der Waals surface area contributed by atoms with Gasteiger partial charge in [0.25, 0.3) is 0 Å². The van der Waals surface area contributed by atoms with E-state index in [1.54, 1.807) is 6.20 Å². The van der Waals surface area contributed by atoms with Gasteiger partial charge >= 0.3 is 0 Å². The number of aromatic amines is 1. The number of halogens is 1. The first kappa shape index (κ1) is 12.7. The molecule has 0 spiro atoms. The van der Waals surface area contributed by atoms with Gasteiger partial charge in [0, 0.05) is 5.56 Å². The Morgan fingerprint density at radius 3 is 2.89 bits per heavy atom. The SMILES string of the molecule is C=C(C)COc1ccc(-c2cn[nH]c2N)cc1Br. The van der Waals surface area contributed by atoms with Crippen molar-refractivity contribution in [3.05, 3.63) is 41.0 Å². The molecule has 0 unspecified atom stereocenters.